The summed E-state index contributed by atoms with van der Waals surface area (Å²) in [6.45, 7) is 0.806. The van der Waals surface area contributed by atoms with E-state index in [-0.39, 0.29) is 11.9 Å². The van der Waals surface area contributed by atoms with Gasteiger partial charge in [0, 0.05) is 11.0 Å². The molecule has 6 heteroatoms. The largest absolute Gasteiger partial charge is 0.330 e. The Bertz CT molecular complexity index is 681. The number of fused-ring (bicyclic) bond motifs is 5. The quantitative estimate of drug-likeness (QED) is 0.749. The highest BCUT2D eigenvalue weighted by atomic mass is 79.9. The summed E-state index contributed by atoms with van der Waals surface area (Å²) in [6.07, 6.45) is 3.78. The minimum Gasteiger partial charge on any atom is -0.330 e. The van der Waals surface area contributed by atoms with Crippen LogP contribution >= 0.6 is 15.9 Å². The molecule has 0 saturated carbocycles. The second-order valence-corrected chi connectivity index (χ2v) is 5.80. The molecule has 0 aliphatic carbocycles. The fourth-order valence-corrected chi connectivity index (χ4v) is 3.35. The molecule has 0 N–H and O–H groups in total. The molecule has 2 aliphatic heterocycles. The molecule has 0 bridgehead atoms. The normalized spacial score (nSPS) is 20.8. The van der Waals surface area contributed by atoms with Crippen LogP contribution in [0.4, 0.5) is 0 Å². The summed E-state index contributed by atoms with van der Waals surface area (Å²) in [6, 6.07) is 5.81. The van der Waals surface area contributed by atoms with Gasteiger partial charge in [-0.3, -0.25) is 4.79 Å². The number of benzene rings is 1. The highest BCUT2D eigenvalue weighted by molar-refractivity contribution is 9.10. The van der Waals surface area contributed by atoms with Gasteiger partial charge in [-0.2, -0.15) is 0 Å². The van der Waals surface area contributed by atoms with Crippen LogP contribution in [0.3, 0.4) is 0 Å². The van der Waals surface area contributed by atoms with Gasteiger partial charge in [0.2, 0.25) is 0 Å². The summed E-state index contributed by atoms with van der Waals surface area (Å²) >= 11 is 3.43. The highest BCUT2D eigenvalue weighted by Gasteiger charge is 2.37. The van der Waals surface area contributed by atoms with Crippen molar-refractivity contribution in [1.29, 1.82) is 0 Å². The van der Waals surface area contributed by atoms with Crippen LogP contribution in [0.15, 0.2) is 28.9 Å². The summed E-state index contributed by atoms with van der Waals surface area (Å²) in [5.41, 5.74) is 2.51. The molecule has 19 heavy (non-hydrogen) atoms. The van der Waals surface area contributed by atoms with E-state index in [1.807, 2.05) is 23.1 Å². The standard InChI is InChI=1S/C13H11BrN4O/c14-8-3-4-10-9(6-8)13(19)17-5-1-2-11(17)12-7-15-16-18(10)12/h3-4,6-7,11H,1-2,5H2/t11-/m0/s1. The Hall–Kier alpha value is -1.69. The number of hydrogen-bond acceptors (Lipinski definition) is 3. The zero-order valence-corrected chi connectivity index (χ0v) is 11.7. The molecule has 0 radical (unpaired) electrons. The van der Waals surface area contributed by atoms with Crippen molar-refractivity contribution in [2.24, 2.45) is 0 Å². The minimum absolute atomic E-state index is 0.0873. The molecule has 2 aliphatic rings. The minimum atomic E-state index is 0.0873. The maximum atomic E-state index is 12.7. The van der Waals surface area contributed by atoms with E-state index >= 15 is 0 Å². The van der Waals surface area contributed by atoms with E-state index in [0.717, 1.165) is 35.2 Å². The lowest BCUT2D eigenvalue weighted by Crippen LogP contribution is -2.29. The second-order valence-electron chi connectivity index (χ2n) is 4.89. The number of amides is 1. The molecule has 0 unspecified atom stereocenters. The third-order valence-electron chi connectivity index (χ3n) is 3.85. The van der Waals surface area contributed by atoms with Gasteiger partial charge < -0.3 is 4.90 Å². The van der Waals surface area contributed by atoms with Gasteiger partial charge in [0.25, 0.3) is 5.91 Å². The maximum Gasteiger partial charge on any atom is 0.256 e. The van der Waals surface area contributed by atoms with Crippen LogP contribution in [0.1, 0.15) is 34.9 Å². The third kappa shape index (κ3) is 1.49. The fraction of sp³-hybridized carbons (Fsp3) is 0.308. The second kappa shape index (κ2) is 3.90. The Labute approximate surface area is 118 Å². The number of nitrogens with zero attached hydrogens (tertiary/aromatic N) is 4. The van der Waals surface area contributed by atoms with Crippen LogP contribution in [0.2, 0.25) is 0 Å². The Morgan fingerprint density at radius 1 is 1.37 bits per heavy atom. The molecule has 5 nitrogen and oxygen atoms in total. The Balaban J connectivity index is 2.03. The summed E-state index contributed by atoms with van der Waals surface area (Å²) in [5, 5.41) is 8.17. The topological polar surface area (TPSA) is 51.0 Å². The van der Waals surface area contributed by atoms with Crippen LogP contribution in [-0.2, 0) is 0 Å². The van der Waals surface area contributed by atoms with Gasteiger partial charge in [0.1, 0.15) is 0 Å². The SMILES string of the molecule is O=C1c2cc(Br)ccc2-n2nncc2[C@@H]2CCCN12. The van der Waals surface area contributed by atoms with Gasteiger partial charge in [-0.1, -0.05) is 21.1 Å². The van der Waals surface area contributed by atoms with Gasteiger partial charge in [-0.25, -0.2) is 4.68 Å². The van der Waals surface area contributed by atoms with Crippen LogP contribution in [0.5, 0.6) is 0 Å². The molecule has 1 amide bonds. The zero-order chi connectivity index (χ0) is 13.0. The molecule has 0 spiro atoms. The van der Waals surface area contributed by atoms with Crippen LogP contribution in [0, 0.1) is 0 Å². The number of rotatable bonds is 0. The summed E-state index contributed by atoms with van der Waals surface area (Å²) < 4.78 is 2.70. The molecule has 2 aromatic rings. The third-order valence-corrected chi connectivity index (χ3v) is 4.34. The predicted octanol–water partition coefficient (Wildman–Crippen LogP) is 2.32. The molecule has 4 rings (SSSR count). The molecule has 1 saturated heterocycles. The first-order chi connectivity index (χ1) is 9.25. The molecule has 1 atom stereocenters. The summed E-state index contributed by atoms with van der Waals surface area (Å²) in [5.74, 6) is 0.0873. The monoisotopic (exact) mass is 318 g/mol. The lowest BCUT2D eigenvalue weighted by molar-refractivity contribution is 0.0738. The van der Waals surface area contributed by atoms with Crippen molar-refractivity contribution in [1.82, 2.24) is 19.9 Å². The zero-order valence-electron chi connectivity index (χ0n) is 10.1. The average molecular weight is 319 g/mol. The van der Waals surface area contributed by atoms with Crippen molar-refractivity contribution in [2.45, 2.75) is 18.9 Å². The molecule has 1 fully saturated rings. The van der Waals surface area contributed by atoms with E-state index in [0.29, 0.717) is 5.56 Å². The van der Waals surface area contributed by atoms with E-state index in [1.165, 1.54) is 0 Å². The first-order valence-electron chi connectivity index (χ1n) is 6.27. The molecule has 1 aromatic carbocycles. The van der Waals surface area contributed by atoms with Gasteiger partial charge in [-0.05, 0) is 31.0 Å². The van der Waals surface area contributed by atoms with Crippen molar-refractivity contribution >= 4 is 21.8 Å². The average Bonchev–Trinajstić information content (AvgIpc) is 3.04. The van der Waals surface area contributed by atoms with Crippen molar-refractivity contribution < 1.29 is 4.79 Å². The van der Waals surface area contributed by atoms with Crippen molar-refractivity contribution in [3.63, 3.8) is 0 Å². The van der Waals surface area contributed by atoms with Crippen LogP contribution in [-0.4, -0.2) is 32.3 Å². The molecular formula is C13H11BrN4O. The Kier molecular flexibility index (Phi) is 2.29. The number of hydrogen-bond donors (Lipinski definition) is 0. The van der Waals surface area contributed by atoms with E-state index in [2.05, 4.69) is 26.2 Å². The smallest absolute Gasteiger partial charge is 0.256 e. The summed E-state index contributed by atoms with van der Waals surface area (Å²) in [7, 11) is 0. The van der Waals surface area contributed by atoms with Gasteiger partial charge in [-0.15, -0.1) is 5.10 Å². The predicted molar refractivity (Wildman–Crippen MR) is 72.1 cm³/mol. The Morgan fingerprint density at radius 3 is 3.16 bits per heavy atom. The molecule has 1 aromatic heterocycles. The van der Waals surface area contributed by atoms with Crippen molar-refractivity contribution in [2.75, 3.05) is 6.54 Å². The molecule has 96 valence electrons. The van der Waals surface area contributed by atoms with Crippen LogP contribution in [0.25, 0.3) is 5.69 Å². The van der Waals surface area contributed by atoms with Gasteiger partial charge in [0.15, 0.2) is 0 Å². The van der Waals surface area contributed by atoms with E-state index in [4.69, 9.17) is 0 Å². The van der Waals surface area contributed by atoms with Crippen LogP contribution < -0.4 is 0 Å². The maximum absolute atomic E-state index is 12.7. The van der Waals surface area contributed by atoms with E-state index < -0.39 is 0 Å². The number of carbonyl (C=O) groups is 1. The summed E-state index contributed by atoms with van der Waals surface area (Å²) in [4.78, 5) is 14.6. The number of aromatic nitrogens is 3. The molecule has 3 heterocycles. The fourth-order valence-electron chi connectivity index (χ4n) is 2.99. The number of carbonyl (C=O) groups excluding carboxylic acids is 1. The van der Waals surface area contributed by atoms with Crippen molar-refractivity contribution in [3.8, 4) is 5.69 Å². The van der Waals surface area contributed by atoms with E-state index in [9.17, 15) is 4.79 Å². The lowest BCUT2D eigenvalue weighted by Gasteiger charge is -2.21. The highest BCUT2D eigenvalue weighted by Crippen LogP contribution is 2.37. The first kappa shape index (κ1) is 11.2. The Morgan fingerprint density at radius 2 is 2.26 bits per heavy atom. The lowest BCUT2D eigenvalue weighted by atomic mass is 10.1. The first-order valence-corrected chi connectivity index (χ1v) is 7.06. The van der Waals surface area contributed by atoms with Crippen molar-refractivity contribution in [3.05, 3.63) is 40.1 Å². The van der Waals surface area contributed by atoms with Gasteiger partial charge in [0.05, 0.1) is 29.2 Å². The van der Waals surface area contributed by atoms with Gasteiger partial charge >= 0.3 is 0 Å². The number of halogens is 1. The van der Waals surface area contributed by atoms with E-state index in [1.54, 1.807) is 10.9 Å². The molecular weight excluding hydrogens is 308 g/mol.